The fourth-order valence-electron chi connectivity index (χ4n) is 3.89. The van der Waals surface area contributed by atoms with E-state index in [-0.39, 0.29) is 17.9 Å². The molecule has 3 rings (SSSR count). The summed E-state index contributed by atoms with van der Waals surface area (Å²) < 4.78 is 0. The second kappa shape index (κ2) is 6.55. The summed E-state index contributed by atoms with van der Waals surface area (Å²) >= 11 is 0. The molecule has 5 nitrogen and oxygen atoms in total. The number of carbonyl (C=O) groups excluding carboxylic acids is 2. The van der Waals surface area contributed by atoms with Gasteiger partial charge in [-0.3, -0.25) is 9.59 Å². The van der Waals surface area contributed by atoms with Crippen LogP contribution in [-0.2, 0) is 16.0 Å². The van der Waals surface area contributed by atoms with Gasteiger partial charge in [0, 0.05) is 31.6 Å². The number of rotatable bonds is 4. The molecule has 1 fully saturated rings. The van der Waals surface area contributed by atoms with Gasteiger partial charge >= 0.3 is 0 Å². The summed E-state index contributed by atoms with van der Waals surface area (Å²) in [5, 5.41) is 10.3. The van der Waals surface area contributed by atoms with Gasteiger partial charge in [0.1, 0.15) is 0 Å². The van der Waals surface area contributed by atoms with Gasteiger partial charge in [0.15, 0.2) is 0 Å². The van der Waals surface area contributed by atoms with Crippen molar-refractivity contribution in [2.24, 2.45) is 0 Å². The molecule has 1 N–H and O–H groups in total. The van der Waals surface area contributed by atoms with E-state index in [0.29, 0.717) is 25.9 Å². The Morgan fingerprint density at radius 1 is 1.29 bits per heavy atom. The van der Waals surface area contributed by atoms with Gasteiger partial charge in [-0.25, -0.2) is 0 Å². The van der Waals surface area contributed by atoms with Crippen LogP contribution in [0.3, 0.4) is 0 Å². The fraction of sp³-hybridized carbons (Fsp3) is 0.579. The molecule has 1 saturated heterocycles. The Bertz CT molecular complexity index is 636. The van der Waals surface area contributed by atoms with Crippen molar-refractivity contribution in [1.29, 1.82) is 0 Å². The second-order valence-electron chi connectivity index (χ2n) is 7.32. The molecule has 2 aliphatic rings. The van der Waals surface area contributed by atoms with Crippen molar-refractivity contribution in [3.05, 3.63) is 29.8 Å². The van der Waals surface area contributed by atoms with Crippen LogP contribution in [0.5, 0.6) is 0 Å². The number of aryl methyl sites for hydroxylation is 1. The summed E-state index contributed by atoms with van der Waals surface area (Å²) in [6, 6.07) is 7.77. The van der Waals surface area contributed by atoms with Crippen LogP contribution in [0.25, 0.3) is 0 Å². The van der Waals surface area contributed by atoms with Gasteiger partial charge < -0.3 is 14.9 Å². The van der Waals surface area contributed by atoms with E-state index in [1.54, 1.807) is 23.6 Å². The maximum absolute atomic E-state index is 12.6. The average Bonchev–Trinajstić information content (AvgIpc) is 3.03. The highest BCUT2D eigenvalue weighted by atomic mass is 16.3. The molecule has 2 aliphatic heterocycles. The zero-order chi connectivity index (χ0) is 17.3. The zero-order valence-electron chi connectivity index (χ0n) is 14.5. The van der Waals surface area contributed by atoms with Gasteiger partial charge in [0.25, 0.3) is 0 Å². The summed E-state index contributed by atoms with van der Waals surface area (Å²) in [5.74, 6) is 0.109. The van der Waals surface area contributed by atoms with Crippen LogP contribution in [-0.4, -0.2) is 46.6 Å². The molecule has 1 aromatic rings. The van der Waals surface area contributed by atoms with Crippen molar-refractivity contribution >= 4 is 17.5 Å². The first-order valence-corrected chi connectivity index (χ1v) is 8.78. The lowest BCUT2D eigenvalue weighted by Crippen LogP contribution is -2.49. The Morgan fingerprint density at radius 2 is 2.04 bits per heavy atom. The Morgan fingerprint density at radius 3 is 2.79 bits per heavy atom. The highest BCUT2D eigenvalue weighted by Gasteiger charge is 2.38. The number of likely N-dealkylation sites (tertiary alicyclic amines) is 1. The van der Waals surface area contributed by atoms with E-state index < -0.39 is 5.60 Å². The molecule has 0 aliphatic carbocycles. The van der Waals surface area contributed by atoms with Crippen molar-refractivity contribution in [1.82, 2.24) is 4.90 Å². The SMILES string of the molecule is CC(C)(O)C1CCCN1C(=O)CCN1C(=O)CCc2ccccc21. The van der Waals surface area contributed by atoms with Gasteiger partial charge in [-0.15, -0.1) is 0 Å². The molecule has 1 atom stereocenters. The van der Waals surface area contributed by atoms with Crippen molar-refractivity contribution in [2.75, 3.05) is 18.0 Å². The average molecular weight is 330 g/mol. The third kappa shape index (κ3) is 3.31. The van der Waals surface area contributed by atoms with Crippen molar-refractivity contribution in [3.8, 4) is 0 Å². The molecular formula is C19H26N2O3. The highest BCUT2D eigenvalue weighted by Crippen LogP contribution is 2.29. The molecule has 0 spiro atoms. The molecule has 0 saturated carbocycles. The number of nitrogens with zero attached hydrogens (tertiary/aromatic N) is 2. The van der Waals surface area contributed by atoms with Crippen molar-refractivity contribution < 1.29 is 14.7 Å². The quantitative estimate of drug-likeness (QED) is 0.920. The molecule has 2 amide bonds. The Kier molecular flexibility index (Phi) is 4.63. The van der Waals surface area contributed by atoms with Gasteiger partial charge in [-0.1, -0.05) is 18.2 Å². The lowest BCUT2D eigenvalue weighted by atomic mass is 9.96. The van der Waals surface area contributed by atoms with Crippen LogP contribution in [0.1, 0.15) is 45.1 Å². The summed E-state index contributed by atoms with van der Waals surface area (Å²) in [5.41, 5.74) is 1.21. The Balaban J connectivity index is 1.67. The molecule has 0 radical (unpaired) electrons. The summed E-state index contributed by atoms with van der Waals surface area (Å²) in [6.45, 7) is 4.61. The molecule has 1 unspecified atom stereocenters. The fourth-order valence-corrected chi connectivity index (χ4v) is 3.89. The third-order valence-electron chi connectivity index (χ3n) is 5.13. The van der Waals surface area contributed by atoms with Crippen LogP contribution < -0.4 is 4.90 Å². The van der Waals surface area contributed by atoms with Gasteiger partial charge in [-0.05, 0) is 44.7 Å². The molecule has 130 valence electrons. The monoisotopic (exact) mass is 330 g/mol. The minimum absolute atomic E-state index is 0.0236. The van der Waals surface area contributed by atoms with Crippen LogP contribution in [0.4, 0.5) is 5.69 Å². The molecule has 5 heteroatoms. The van der Waals surface area contributed by atoms with Crippen molar-refractivity contribution in [2.45, 2.75) is 57.6 Å². The molecular weight excluding hydrogens is 304 g/mol. The number of anilines is 1. The van der Waals surface area contributed by atoms with Crippen LogP contribution >= 0.6 is 0 Å². The number of hydrogen-bond acceptors (Lipinski definition) is 3. The molecule has 1 aromatic carbocycles. The van der Waals surface area contributed by atoms with Gasteiger partial charge in [-0.2, -0.15) is 0 Å². The molecule has 2 heterocycles. The number of aliphatic hydroxyl groups is 1. The Labute approximate surface area is 143 Å². The van der Waals surface area contributed by atoms with E-state index in [9.17, 15) is 14.7 Å². The lowest BCUT2D eigenvalue weighted by Gasteiger charge is -2.35. The zero-order valence-corrected chi connectivity index (χ0v) is 14.5. The van der Waals surface area contributed by atoms with E-state index in [0.717, 1.165) is 24.9 Å². The number of carbonyl (C=O) groups is 2. The summed E-state index contributed by atoms with van der Waals surface area (Å²) in [7, 11) is 0. The largest absolute Gasteiger partial charge is 0.388 e. The smallest absolute Gasteiger partial charge is 0.227 e. The number of amides is 2. The Hall–Kier alpha value is -1.88. The second-order valence-corrected chi connectivity index (χ2v) is 7.32. The predicted octanol–water partition coefficient (Wildman–Crippen LogP) is 2.12. The first kappa shape index (κ1) is 17.0. The highest BCUT2D eigenvalue weighted by molar-refractivity contribution is 5.97. The first-order chi connectivity index (χ1) is 11.4. The number of fused-ring (bicyclic) bond motifs is 1. The van der Waals surface area contributed by atoms with E-state index in [4.69, 9.17) is 0 Å². The number of para-hydroxylation sites is 1. The summed E-state index contributed by atoms with van der Waals surface area (Å²) in [6.07, 6.45) is 3.33. The van der Waals surface area contributed by atoms with Crippen molar-refractivity contribution in [3.63, 3.8) is 0 Å². The van der Waals surface area contributed by atoms with Crippen LogP contribution in [0, 0.1) is 0 Å². The maximum Gasteiger partial charge on any atom is 0.227 e. The van der Waals surface area contributed by atoms with E-state index >= 15 is 0 Å². The number of hydrogen-bond donors (Lipinski definition) is 1. The lowest BCUT2D eigenvalue weighted by molar-refractivity contribution is -0.136. The molecule has 0 aromatic heterocycles. The van der Waals surface area contributed by atoms with Gasteiger partial charge in [0.2, 0.25) is 11.8 Å². The third-order valence-corrected chi connectivity index (χ3v) is 5.13. The van der Waals surface area contributed by atoms with Gasteiger partial charge in [0.05, 0.1) is 11.6 Å². The number of benzene rings is 1. The van der Waals surface area contributed by atoms with Crippen LogP contribution in [0.15, 0.2) is 24.3 Å². The maximum atomic E-state index is 12.6. The normalized spacial score (nSPS) is 21.1. The summed E-state index contributed by atoms with van der Waals surface area (Å²) in [4.78, 5) is 28.4. The molecule has 24 heavy (non-hydrogen) atoms. The standard InChI is InChI=1S/C19H26N2O3/c1-19(2,24)16-8-5-12-21(16)18(23)11-13-20-15-7-4-3-6-14(15)9-10-17(20)22/h3-4,6-7,16,24H,5,8-13H2,1-2H3. The predicted molar refractivity (Wildman–Crippen MR) is 92.8 cm³/mol. The minimum atomic E-state index is -0.889. The van der Waals surface area contributed by atoms with E-state index in [1.807, 2.05) is 24.3 Å². The topological polar surface area (TPSA) is 60.9 Å². The van der Waals surface area contributed by atoms with E-state index in [2.05, 4.69) is 0 Å². The molecule has 0 bridgehead atoms. The first-order valence-electron chi connectivity index (χ1n) is 8.78. The van der Waals surface area contributed by atoms with E-state index in [1.165, 1.54) is 5.56 Å². The van der Waals surface area contributed by atoms with Crippen LogP contribution in [0.2, 0.25) is 0 Å². The minimum Gasteiger partial charge on any atom is -0.388 e.